The lowest BCUT2D eigenvalue weighted by molar-refractivity contribution is 0.546. The number of rotatable bonds is 4. The molecule has 0 spiro atoms. The van der Waals surface area contributed by atoms with E-state index in [9.17, 15) is 8.78 Å². The molecule has 0 saturated carbocycles. The van der Waals surface area contributed by atoms with Crippen molar-refractivity contribution >= 4 is 23.2 Å². The number of hydrogen-bond acceptors (Lipinski definition) is 2. The maximum absolute atomic E-state index is 14.7. The van der Waals surface area contributed by atoms with Crippen LogP contribution in [0.25, 0.3) is 5.57 Å². The predicted octanol–water partition coefficient (Wildman–Crippen LogP) is 6.13. The summed E-state index contributed by atoms with van der Waals surface area (Å²) < 4.78 is 28.0. The molecule has 1 aliphatic heterocycles. The summed E-state index contributed by atoms with van der Waals surface area (Å²) in [6.45, 7) is 9.32. The van der Waals surface area contributed by atoms with Crippen molar-refractivity contribution in [2.24, 2.45) is 4.99 Å². The molecule has 1 heterocycles. The third-order valence-electron chi connectivity index (χ3n) is 4.70. The number of allylic oxidation sites excluding steroid dienone is 1. The summed E-state index contributed by atoms with van der Waals surface area (Å²) in [6, 6.07) is 9.38. The average Bonchev–Trinajstić information content (AvgIpc) is 2.57. The maximum Gasteiger partial charge on any atom is 0.134 e. The van der Waals surface area contributed by atoms with Crippen LogP contribution in [0.5, 0.6) is 0 Å². The third kappa shape index (κ3) is 3.55. The topological polar surface area (TPSA) is 15.6 Å². The number of halogens is 2. The Balaban J connectivity index is 2.03. The molecule has 2 nitrogen and oxygen atoms in total. The first kappa shape index (κ1) is 18.3. The fourth-order valence-electron chi connectivity index (χ4n) is 3.55. The summed E-state index contributed by atoms with van der Waals surface area (Å²) in [6.07, 6.45) is 4.66. The molecule has 0 amide bonds. The smallest absolute Gasteiger partial charge is 0.134 e. The molecule has 4 heteroatoms. The second kappa shape index (κ2) is 7.02. The van der Waals surface area contributed by atoms with Gasteiger partial charge in [0, 0.05) is 29.6 Å². The fraction of sp³-hybridized carbons (Fsp3) is 0.318. The van der Waals surface area contributed by atoms with Crippen molar-refractivity contribution in [1.82, 2.24) is 0 Å². The number of hydrogen-bond donors (Lipinski definition) is 0. The Morgan fingerprint density at radius 3 is 2.62 bits per heavy atom. The van der Waals surface area contributed by atoms with Crippen LogP contribution in [-0.2, 0) is 0 Å². The minimum atomic E-state index is -0.359. The van der Waals surface area contributed by atoms with E-state index in [1.165, 1.54) is 18.3 Å². The van der Waals surface area contributed by atoms with Crippen molar-refractivity contribution in [3.8, 4) is 0 Å². The molecule has 0 radical (unpaired) electrons. The van der Waals surface area contributed by atoms with Crippen LogP contribution in [0.1, 0.15) is 45.2 Å². The Labute approximate surface area is 153 Å². The molecule has 3 rings (SSSR count). The Morgan fingerprint density at radius 1 is 1.15 bits per heavy atom. The van der Waals surface area contributed by atoms with Crippen LogP contribution in [0.4, 0.5) is 20.2 Å². The molecule has 2 aromatic rings. The monoisotopic (exact) mass is 354 g/mol. The Hall–Kier alpha value is -2.49. The highest BCUT2D eigenvalue weighted by Crippen LogP contribution is 2.40. The van der Waals surface area contributed by atoms with Crippen LogP contribution in [-0.4, -0.2) is 18.3 Å². The third-order valence-corrected chi connectivity index (χ3v) is 4.70. The second-order valence-corrected chi connectivity index (χ2v) is 7.26. The van der Waals surface area contributed by atoms with Crippen molar-refractivity contribution in [1.29, 1.82) is 0 Å². The van der Waals surface area contributed by atoms with Crippen molar-refractivity contribution in [3.63, 3.8) is 0 Å². The van der Waals surface area contributed by atoms with E-state index in [1.807, 2.05) is 6.07 Å². The van der Waals surface area contributed by atoms with Crippen LogP contribution in [0.2, 0.25) is 0 Å². The standard InChI is InChI=1S/C22H24F2N2/c1-5-9-26-21-12-20(24)16(10-19(21)15(2)13-22(26,3)4)14-25-18-8-6-7-17(23)11-18/h6-8,10-14H,5,9H2,1-4H3. The first-order valence-corrected chi connectivity index (χ1v) is 8.92. The van der Waals surface area contributed by atoms with Crippen molar-refractivity contribution < 1.29 is 8.78 Å². The van der Waals surface area contributed by atoms with E-state index in [2.05, 4.69) is 43.7 Å². The van der Waals surface area contributed by atoms with Gasteiger partial charge in [-0.15, -0.1) is 0 Å². The molecule has 0 atom stereocenters. The quantitative estimate of drug-likeness (QED) is 0.603. The molecule has 0 fully saturated rings. The fourth-order valence-corrected chi connectivity index (χ4v) is 3.55. The van der Waals surface area contributed by atoms with Gasteiger partial charge in [0.2, 0.25) is 0 Å². The lowest BCUT2D eigenvalue weighted by Gasteiger charge is -2.43. The number of benzene rings is 2. The first-order valence-electron chi connectivity index (χ1n) is 8.92. The predicted molar refractivity (Wildman–Crippen MR) is 105 cm³/mol. The van der Waals surface area contributed by atoms with Crippen molar-refractivity contribution in [2.75, 3.05) is 11.4 Å². The molecule has 0 aliphatic carbocycles. The first-order chi connectivity index (χ1) is 12.3. The Kier molecular flexibility index (Phi) is 4.94. The summed E-state index contributed by atoms with van der Waals surface area (Å²) in [7, 11) is 0. The second-order valence-electron chi connectivity index (χ2n) is 7.26. The van der Waals surface area contributed by atoms with Gasteiger partial charge in [-0.2, -0.15) is 0 Å². The van der Waals surface area contributed by atoms with E-state index in [-0.39, 0.29) is 17.2 Å². The molecule has 0 N–H and O–H groups in total. The molecular formula is C22H24F2N2. The van der Waals surface area contributed by atoms with Crippen LogP contribution < -0.4 is 4.90 Å². The molecule has 0 unspecified atom stereocenters. The minimum Gasteiger partial charge on any atom is -0.362 e. The van der Waals surface area contributed by atoms with Crippen LogP contribution in [0.3, 0.4) is 0 Å². The van der Waals surface area contributed by atoms with Crippen LogP contribution in [0, 0.1) is 11.6 Å². The van der Waals surface area contributed by atoms with Gasteiger partial charge in [0.05, 0.1) is 11.2 Å². The van der Waals surface area contributed by atoms with Crippen molar-refractivity contribution in [2.45, 2.75) is 39.7 Å². The largest absolute Gasteiger partial charge is 0.362 e. The summed E-state index contributed by atoms with van der Waals surface area (Å²) in [5.74, 6) is -0.683. The summed E-state index contributed by atoms with van der Waals surface area (Å²) in [4.78, 5) is 6.46. The SMILES string of the molecule is CCCN1c2cc(F)c(C=Nc3cccc(F)c3)cc2C(C)=CC1(C)C. The number of nitrogens with zero attached hydrogens (tertiary/aromatic N) is 2. The molecule has 1 aliphatic rings. The summed E-state index contributed by atoms with van der Waals surface area (Å²) in [5, 5.41) is 0. The summed E-state index contributed by atoms with van der Waals surface area (Å²) in [5.41, 5.74) is 3.76. The molecule has 0 bridgehead atoms. The Bertz CT molecular complexity index is 882. The van der Waals surface area contributed by atoms with Gasteiger partial charge in [-0.05, 0) is 63.1 Å². The van der Waals surface area contributed by atoms with E-state index in [4.69, 9.17) is 0 Å². The van der Waals surface area contributed by atoms with Gasteiger partial charge in [-0.1, -0.05) is 19.1 Å². The zero-order valence-corrected chi connectivity index (χ0v) is 15.7. The van der Waals surface area contributed by atoms with Gasteiger partial charge in [-0.25, -0.2) is 8.78 Å². The molecular weight excluding hydrogens is 330 g/mol. The van der Waals surface area contributed by atoms with E-state index < -0.39 is 0 Å². The maximum atomic E-state index is 14.7. The van der Waals surface area contributed by atoms with Crippen LogP contribution >= 0.6 is 0 Å². The van der Waals surface area contributed by atoms with Gasteiger partial charge in [-0.3, -0.25) is 4.99 Å². The lowest BCUT2D eigenvalue weighted by atomic mass is 9.87. The molecule has 2 aromatic carbocycles. The molecule has 26 heavy (non-hydrogen) atoms. The van der Waals surface area contributed by atoms with Gasteiger partial charge in [0.25, 0.3) is 0 Å². The van der Waals surface area contributed by atoms with Gasteiger partial charge in [0.15, 0.2) is 0 Å². The molecule has 0 aromatic heterocycles. The average molecular weight is 354 g/mol. The Morgan fingerprint density at radius 2 is 1.92 bits per heavy atom. The van der Waals surface area contributed by atoms with E-state index in [0.29, 0.717) is 11.3 Å². The molecule has 136 valence electrons. The minimum absolute atomic E-state index is 0.156. The highest BCUT2D eigenvalue weighted by atomic mass is 19.1. The van der Waals surface area contributed by atoms with Gasteiger partial charge in [0.1, 0.15) is 11.6 Å². The number of aliphatic imine (C=N–C) groups is 1. The van der Waals surface area contributed by atoms with E-state index >= 15 is 0 Å². The van der Waals surface area contributed by atoms with Gasteiger partial charge >= 0.3 is 0 Å². The summed E-state index contributed by atoms with van der Waals surface area (Å²) >= 11 is 0. The van der Waals surface area contributed by atoms with Gasteiger partial charge < -0.3 is 4.90 Å². The normalized spacial score (nSPS) is 15.9. The van der Waals surface area contributed by atoms with Crippen LogP contribution in [0.15, 0.2) is 47.5 Å². The highest BCUT2D eigenvalue weighted by Gasteiger charge is 2.31. The number of anilines is 1. The zero-order chi connectivity index (χ0) is 18.9. The van der Waals surface area contributed by atoms with E-state index in [0.717, 1.165) is 29.8 Å². The van der Waals surface area contributed by atoms with Crippen molar-refractivity contribution in [3.05, 3.63) is 65.2 Å². The zero-order valence-electron chi connectivity index (χ0n) is 15.7. The van der Waals surface area contributed by atoms with E-state index in [1.54, 1.807) is 18.2 Å². The molecule has 0 saturated heterocycles. The number of fused-ring (bicyclic) bond motifs is 1. The lowest BCUT2D eigenvalue weighted by Crippen LogP contribution is -2.45. The highest BCUT2D eigenvalue weighted by molar-refractivity contribution is 5.89.